The van der Waals surface area contributed by atoms with E-state index in [1.165, 1.54) is 0 Å². The lowest BCUT2D eigenvalue weighted by Crippen LogP contribution is -1.96. The molecule has 0 atom stereocenters. The third kappa shape index (κ3) is 2.90. The zero-order chi connectivity index (χ0) is 12.1. The van der Waals surface area contributed by atoms with E-state index in [2.05, 4.69) is 10.2 Å². The number of aldehydes is 1. The Kier molecular flexibility index (Phi) is 3.49. The van der Waals surface area contributed by atoms with Gasteiger partial charge in [0.1, 0.15) is 12.0 Å². The molecule has 1 aromatic heterocycles. The van der Waals surface area contributed by atoms with Crippen LogP contribution in [0.2, 0.25) is 0 Å². The smallest absolute Gasteiger partial charge is 0.253 e. The van der Waals surface area contributed by atoms with Crippen LogP contribution in [0.5, 0.6) is 5.75 Å². The molecule has 5 heteroatoms. The summed E-state index contributed by atoms with van der Waals surface area (Å²) < 4.78 is 10.7. The Balaban J connectivity index is 1.99. The first kappa shape index (κ1) is 11.3. The van der Waals surface area contributed by atoms with Gasteiger partial charge in [-0.05, 0) is 12.1 Å². The Morgan fingerprint density at radius 3 is 2.88 bits per heavy atom. The van der Waals surface area contributed by atoms with Crippen molar-refractivity contribution in [2.45, 2.75) is 20.0 Å². The SMILES string of the molecule is CCc1nnc(COc2cccc(C=O)c2)o1. The van der Waals surface area contributed by atoms with Crippen LogP contribution in [0.1, 0.15) is 29.1 Å². The number of benzene rings is 1. The molecule has 2 aromatic rings. The molecule has 2 rings (SSSR count). The van der Waals surface area contributed by atoms with Gasteiger partial charge in [-0.3, -0.25) is 4.79 Å². The maximum Gasteiger partial charge on any atom is 0.253 e. The van der Waals surface area contributed by atoms with E-state index >= 15 is 0 Å². The summed E-state index contributed by atoms with van der Waals surface area (Å²) in [6.07, 6.45) is 1.47. The van der Waals surface area contributed by atoms with E-state index in [4.69, 9.17) is 9.15 Å². The van der Waals surface area contributed by atoms with Crippen molar-refractivity contribution < 1.29 is 13.9 Å². The first-order valence-electron chi connectivity index (χ1n) is 5.31. The van der Waals surface area contributed by atoms with Crippen LogP contribution >= 0.6 is 0 Å². The van der Waals surface area contributed by atoms with Crippen LogP contribution in [0.3, 0.4) is 0 Å². The maximum atomic E-state index is 10.6. The fourth-order valence-electron chi connectivity index (χ4n) is 1.31. The normalized spacial score (nSPS) is 10.2. The summed E-state index contributed by atoms with van der Waals surface area (Å²) in [4.78, 5) is 10.6. The molecule has 1 aromatic carbocycles. The summed E-state index contributed by atoms with van der Waals surface area (Å²) in [6, 6.07) is 6.89. The molecule has 88 valence electrons. The van der Waals surface area contributed by atoms with Gasteiger partial charge in [-0.2, -0.15) is 0 Å². The van der Waals surface area contributed by atoms with Crippen molar-refractivity contribution in [1.29, 1.82) is 0 Å². The van der Waals surface area contributed by atoms with Gasteiger partial charge in [0.25, 0.3) is 5.89 Å². The fourth-order valence-corrected chi connectivity index (χ4v) is 1.31. The number of hydrogen-bond donors (Lipinski definition) is 0. The van der Waals surface area contributed by atoms with E-state index in [-0.39, 0.29) is 6.61 Å². The predicted molar refractivity (Wildman–Crippen MR) is 59.8 cm³/mol. The Hall–Kier alpha value is -2.17. The number of nitrogens with zero attached hydrogens (tertiary/aromatic N) is 2. The summed E-state index contributed by atoms with van der Waals surface area (Å²) in [7, 11) is 0. The molecule has 0 aliphatic rings. The average molecular weight is 232 g/mol. The fraction of sp³-hybridized carbons (Fsp3) is 0.250. The van der Waals surface area contributed by atoms with Gasteiger partial charge < -0.3 is 9.15 Å². The molecule has 0 aliphatic heterocycles. The van der Waals surface area contributed by atoms with Gasteiger partial charge in [0.2, 0.25) is 5.89 Å². The van der Waals surface area contributed by atoms with Gasteiger partial charge >= 0.3 is 0 Å². The molecule has 0 saturated carbocycles. The molecule has 0 bridgehead atoms. The van der Waals surface area contributed by atoms with Crippen LogP contribution in [-0.2, 0) is 13.0 Å². The molecule has 0 unspecified atom stereocenters. The number of rotatable bonds is 5. The number of aromatic nitrogens is 2. The van der Waals surface area contributed by atoms with Gasteiger partial charge in [-0.1, -0.05) is 19.1 Å². The molecule has 1 heterocycles. The minimum atomic E-state index is 0.204. The standard InChI is InChI=1S/C12H12N2O3/c1-2-11-13-14-12(17-11)8-16-10-5-3-4-9(6-10)7-15/h3-7H,2,8H2,1H3. The van der Waals surface area contributed by atoms with Gasteiger partial charge in [0.15, 0.2) is 6.61 Å². The van der Waals surface area contributed by atoms with Crippen molar-refractivity contribution in [2.75, 3.05) is 0 Å². The summed E-state index contributed by atoms with van der Waals surface area (Å²) >= 11 is 0. The lowest BCUT2D eigenvalue weighted by molar-refractivity contribution is 0.112. The molecular weight excluding hydrogens is 220 g/mol. The van der Waals surface area contributed by atoms with Crippen molar-refractivity contribution in [1.82, 2.24) is 10.2 Å². The van der Waals surface area contributed by atoms with Gasteiger partial charge in [0.05, 0.1) is 0 Å². The molecule has 0 N–H and O–H groups in total. The van der Waals surface area contributed by atoms with Crippen LogP contribution < -0.4 is 4.74 Å². The van der Waals surface area contributed by atoms with E-state index in [0.717, 1.165) is 6.29 Å². The third-order valence-corrected chi connectivity index (χ3v) is 2.17. The average Bonchev–Trinajstić information content (AvgIpc) is 2.84. The van der Waals surface area contributed by atoms with Crippen LogP contribution in [0.25, 0.3) is 0 Å². The van der Waals surface area contributed by atoms with E-state index in [1.807, 2.05) is 6.92 Å². The second-order valence-corrected chi connectivity index (χ2v) is 3.42. The highest BCUT2D eigenvalue weighted by Gasteiger charge is 2.05. The van der Waals surface area contributed by atoms with Crippen molar-refractivity contribution in [3.05, 3.63) is 41.6 Å². The topological polar surface area (TPSA) is 65.2 Å². The highest BCUT2D eigenvalue weighted by Crippen LogP contribution is 2.13. The largest absolute Gasteiger partial charge is 0.484 e. The zero-order valence-electron chi connectivity index (χ0n) is 9.42. The van der Waals surface area contributed by atoms with Crippen LogP contribution in [-0.4, -0.2) is 16.5 Å². The summed E-state index contributed by atoms with van der Waals surface area (Å²) in [5.74, 6) is 1.62. The van der Waals surface area contributed by atoms with Crippen molar-refractivity contribution in [3.63, 3.8) is 0 Å². The maximum absolute atomic E-state index is 10.6. The number of carbonyl (C=O) groups is 1. The zero-order valence-corrected chi connectivity index (χ0v) is 9.42. The Bertz CT molecular complexity index is 508. The number of aryl methyl sites for hydroxylation is 1. The summed E-state index contributed by atoms with van der Waals surface area (Å²) in [5, 5.41) is 7.66. The molecule has 0 saturated heterocycles. The van der Waals surface area contributed by atoms with Gasteiger partial charge in [-0.25, -0.2) is 0 Å². The lowest BCUT2D eigenvalue weighted by atomic mass is 10.2. The Morgan fingerprint density at radius 2 is 2.18 bits per heavy atom. The van der Waals surface area contributed by atoms with Crippen molar-refractivity contribution >= 4 is 6.29 Å². The molecule has 0 amide bonds. The minimum Gasteiger partial charge on any atom is -0.484 e. The molecule has 0 fully saturated rings. The van der Waals surface area contributed by atoms with E-state index < -0.39 is 0 Å². The third-order valence-electron chi connectivity index (χ3n) is 2.17. The summed E-state index contributed by atoms with van der Waals surface area (Å²) in [6.45, 7) is 2.14. The van der Waals surface area contributed by atoms with E-state index in [0.29, 0.717) is 29.5 Å². The van der Waals surface area contributed by atoms with E-state index in [9.17, 15) is 4.79 Å². The molecule has 17 heavy (non-hydrogen) atoms. The first-order chi connectivity index (χ1) is 8.31. The second-order valence-electron chi connectivity index (χ2n) is 3.42. The predicted octanol–water partition coefficient (Wildman–Crippen LogP) is 2.02. The van der Waals surface area contributed by atoms with Crippen molar-refractivity contribution in [3.8, 4) is 5.75 Å². The monoisotopic (exact) mass is 232 g/mol. The second kappa shape index (κ2) is 5.25. The highest BCUT2D eigenvalue weighted by molar-refractivity contribution is 5.75. The molecule has 0 radical (unpaired) electrons. The number of carbonyl (C=O) groups excluding carboxylic acids is 1. The number of hydrogen-bond acceptors (Lipinski definition) is 5. The van der Waals surface area contributed by atoms with Gasteiger partial charge in [-0.15, -0.1) is 10.2 Å². The summed E-state index contributed by atoms with van der Waals surface area (Å²) in [5.41, 5.74) is 0.572. The van der Waals surface area contributed by atoms with Crippen molar-refractivity contribution in [2.24, 2.45) is 0 Å². The van der Waals surface area contributed by atoms with E-state index in [1.54, 1.807) is 24.3 Å². The number of ether oxygens (including phenoxy) is 1. The van der Waals surface area contributed by atoms with Crippen LogP contribution in [0.15, 0.2) is 28.7 Å². The molecular formula is C12H12N2O3. The quantitative estimate of drug-likeness (QED) is 0.738. The molecule has 0 aliphatic carbocycles. The minimum absolute atomic E-state index is 0.204. The first-order valence-corrected chi connectivity index (χ1v) is 5.31. The van der Waals surface area contributed by atoms with Gasteiger partial charge in [0, 0.05) is 12.0 Å². The lowest BCUT2D eigenvalue weighted by Gasteiger charge is -2.02. The highest BCUT2D eigenvalue weighted by atomic mass is 16.5. The molecule has 0 spiro atoms. The van der Waals surface area contributed by atoms with Crippen LogP contribution in [0, 0.1) is 0 Å². The Labute approximate surface area is 98.4 Å². The van der Waals surface area contributed by atoms with Crippen LogP contribution in [0.4, 0.5) is 0 Å². The Morgan fingerprint density at radius 1 is 1.35 bits per heavy atom. The molecule has 5 nitrogen and oxygen atoms in total.